The van der Waals surface area contributed by atoms with Crippen LogP contribution < -0.4 is 0 Å². The lowest BCUT2D eigenvalue weighted by Crippen LogP contribution is -1.90. The summed E-state index contributed by atoms with van der Waals surface area (Å²) in [7, 11) is 0. The summed E-state index contributed by atoms with van der Waals surface area (Å²) in [5.41, 5.74) is 0. The molecule has 5 heteroatoms. The second-order valence-electron chi connectivity index (χ2n) is 1.32. The summed E-state index contributed by atoms with van der Waals surface area (Å²) in [5, 5.41) is 0. The number of halogens is 5. The maximum absolute atomic E-state index is 11.0. The standard InChI is InChI=1S/C3HF5.C3H6/c4-1(2(5)6)3(7)8;1-3-2/h2H;3H,1H2,2H3. The maximum atomic E-state index is 11.0. The summed E-state index contributed by atoms with van der Waals surface area (Å²) in [6.45, 7) is 5.25. The molecule has 0 aliphatic rings. The summed E-state index contributed by atoms with van der Waals surface area (Å²) in [6.07, 6.45) is -4.90. The first-order chi connectivity index (χ1) is 4.97. The molecule has 0 bridgehead atoms. The molecular formula is C6H7F5. The fourth-order valence-corrected chi connectivity index (χ4v) is 0.0825. The molecule has 0 N–H and O–H groups in total. The van der Waals surface area contributed by atoms with E-state index < -0.39 is 18.3 Å². The summed E-state index contributed by atoms with van der Waals surface area (Å²) in [6, 6.07) is 0. The second-order valence-corrected chi connectivity index (χ2v) is 1.32. The van der Waals surface area contributed by atoms with Crippen LogP contribution in [-0.2, 0) is 0 Å². The minimum atomic E-state index is -3.69. The molecule has 0 heterocycles. The Kier molecular flexibility index (Phi) is 8.41. The molecule has 0 aromatic rings. The summed E-state index contributed by atoms with van der Waals surface area (Å²) in [5.74, 6) is -2.65. The molecule has 11 heavy (non-hydrogen) atoms. The lowest BCUT2D eigenvalue weighted by atomic mass is 10.6. The van der Waals surface area contributed by atoms with Gasteiger partial charge in [-0.2, -0.15) is 13.2 Å². The highest BCUT2D eigenvalue weighted by Crippen LogP contribution is 2.16. The van der Waals surface area contributed by atoms with E-state index in [0.717, 1.165) is 0 Å². The summed E-state index contributed by atoms with van der Waals surface area (Å²) >= 11 is 0. The minimum Gasteiger partial charge on any atom is -0.202 e. The van der Waals surface area contributed by atoms with Gasteiger partial charge >= 0.3 is 6.08 Å². The third-order valence-electron chi connectivity index (χ3n) is 0.372. The highest BCUT2D eigenvalue weighted by molar-refractivity contribution is 4.93. The van der Waals surface area contributed by atoms with Crippen molar-refractivity contribution >= 4 is 0 Å². The van der Waals surface area contributed by atoms with Crippen LogP contribution >= 0.6 is 0 Å². The van der Waals surface area contributed by atoms with Crippen molar-refractivity contribution in [2.75, 3.05) is 0 Å². The van der Waals surface area contributed by atoms with Gasteiger partial charge in [0.2, 0.25) is 5.83 Å². The van der Waals surface area contributed by atoms with E-state index >= 15 is 0 Å². The van der Waals surface area contributed by atoms with Gasteiger partial charge in [0.25, 0.3) is 6.43 Å². The van der Waals surface area contributed by atoms with Crippen LogP contribution in [0, 0.1) is 0 Å². The predicted octanol–water partition coefficient (Wildman–Crippen LogP) is 3.52. The highest BCUT2D eigenvalue weighted by atomic mass is 19.3. The lowest BCUT2D eigenvalue weighted by Gasteiger charge is -1.88. The molecule has 0 nitrogen and oxygen atoms in total. The van der Waals surface area contributed by atoms with E-state index in [0.29, 0.717) is 0 Å². The van der Waals surface area contributed by atoms with Gasteiger partial charge in [-0.1, -0.05) is 6.08 Å². The lowest BCUT2D eigenvalue weighted by molar-refractivity contribution is 0.145. The van der Waals surface area contributed by atoms with Crippen LogP contribution in [0.1, 0.15) is 6.92 Å². The molecule has 0 saturated carbocycles. The van der Waals surface area contributed by atoms with Gasteiger partial charge in [0.05, 0.1) is 0 Å². The van der Waals surface area contributed by atoms with Gasteiger partial charge in [-0.05, 0) is 6.92 Å². The molecule has 0 amide bonds. The Morgan fingerprint density at radius 1 is 1.27 bits per heavy atom. The Bertz CT molecular complexity index is 134. The van der Waals surface area contributed by atoms with E-state index in [2.05, 4.69) is 6.58 Å². The van der Waals surface area contributed by atoms with E-state index in [4.69, 9.17) is 0 Å². The van der Waals surface area contributed by atoms with Crippen LogP contribution in [0.3, 0.4) is 0 Å². The highest BCUT2D eigenvalue weighted by Gasteiger charge is 2.16. The minimum absolute atomic E-state index is 1.75. The van der Waals surface area contributed by atoms with Crippen molar-refractivity contribution in [1.29, 1.82) is 0 Å². The Morgan fingerprint density at radius 3 is 1.55 bits per heavy atom. The molecule has 0 rings (SSSR count). The maximum Gasteiger partial charge on any atom is 0.307 e. The van der Waals surface area contributed by atoms with Crippen molar-refractivity contribution in [3.05, 3.63) is 24.6 Å². The van der Waals surface area contributed by atoms with E-state index in [-0.39, 0.29) is 0 Å². The number of hydrogen-bond acceptors (Lipinski definition) is 0. The molecule has 0 aliphatic carbocycles. The van der Waals surface area contributed by atoms with Crippen LogP contribution in [-0.4, -0.2) is 6.43 Å². The van der Waals surface area contributed by atoms with Gasteiger partial charge < -0.3 is 0 Å². The number of allylic oxidation sites excluding steroid dienone is 2. The van der Waals surface area contributed by atoms with Crippen LogP contribution in [0.15, 0.2) is 24.6 Å². The second kappa shape index (κ2) is 7.24. The average Bonchev–Trinajstić information content (AvgIpc) is 1.87. The molecule has 0 aromatic carbocycles. The SMILES string of the molecule is C=CC.FC(F)=C(F)C(F)F. The van der Waals surface area contributed by atoms with E-state index in [1.807, 2.05) is 6.92 Å². The smallest absolute Gasteiger partial charge is 0.202 e. The van der Waals surface area contributed by atoms with Gasteiger partial charge in [0.1, 0.15) is 0 Å². The first-order valence-corrected chi connectivity index (χ1v) is 2.53. The van der Waals surface area contributed by atoms with Gasteiger partial charge in [-0.25, -0.2) is 8.78 Å². The van der Waals surface area contributed by atoms with Crippen molar-refractivity contribution in [3.8, 4) is 0 Å². The molecular weight excluding hydrogens is 167 g/mol. The van der Waals surface area contributed by atoms with Gasteiger partial charge in [-0.3, -0.25) is 0 Å². The Morgan fingerprint density at radius 2 is 1.55 bits per heavy atom. The number of hydrogen-bond donors (Lipinski definition) is 0. The first-order valence-electron chi connectivity index (χ1n) is 2.53. The van der Waals surface area contributed by atoms with Crippen LogP contribution in [0.25, 0.3) is 0 Å². The fraction of sp³-hybridized carbons (Fsp3) is 0.333. The summed E-state index contributed by atoms with van der Waals surface area (Å²) in [4.78, 5) is 0. The van der Waals surface area contributed by atoms with Crippen LogP contribution in [0.2, 0.25) is 0 Å². The van der Waals surface area contributed by atoms with E-state index in [9.17, 15) is 22.0 Å². The molecule has 0 fully saturated rings. The van der Waals surface area contributed by atoms with Crippen molar-refractivity contribution in [2.45, 2.75) is 13.3 Å². The molecule has 0 saturated heterocycles. The molecule has 66 valence electrons. The van der Waals surface area contributed by atoms with E-state index in [1.54, 1.807) is 6.08 Å². The van der Waals surface area contributed by atoms with E-state index in [1.165, 1.54) is 0 Å². The van der Waals surface area contributed by atoms with Gasteiger partial charge in [-0.15, -0.1) is 6.58 Å². The fourth-order valence-electron chi connectivity index (χ4n) is 0.0825. The van der Waals surface area contributed by atoms with Crippen molar-refractivity contribution in [3.63, 3.8) is 0 Å². The third-order valence-corrected chi connectivity index (χ3v) is 0.372. The monoisotopic (exact) mass is 174 g/mol. The predicted molar refractivity (Wildman–Crippen MR) is 32.2 cm³/mol. The van der Waals surface area contributed by atoms with Gasteiger partial charge in [0, 0.05) is 0 Å². The zero-order valence-electron chi connectivity index (χ0n) is 5.75. The Balaban J connectivity index is 0. The Hall–Kier alpha value is -0.870. The van der Waals surface area contributed by atoms with Crippen LogP contribution in [0.5, 0.6) is 0 Å². The largest absolute Gasteiger partial charge is 0.307 e. The normalized spacial score (nSPS) is 8.27. The number of rotatable bonds is 1. The third kappa shape index (κ3) is 9.13. The molecule has 0 unspecified atom stereocenters. The molecule has 0 aliphatic heterocycles. The quantitative estimate of drug-likeness (QED) is 0.421. The average molecular weight is 174 g/mol. The zero-order valence-corrected chi connectivity index (χ0v) is 5.75. The van der Waals surface area contributed by atoms with Crippen molar-refractivity contribution in [1.82, 2.24) is 0 Å². The Labute approximate surface area is 61.0 Å². The molecule has 0 atom stereocenters. The zero-order chi connectivity index (χ0) is 9.44. The van der Waals surface area contributed by atoms with Crippen LogP contribution in [0.4, 0.5) is 22.0 Å². The summed E-state index contributed by atoms with van der Waals surface area (Å²) < 4.78 is 54.0. The van der Waals surface area contributed by atoms with Crippen molar-refractivity contribution < 1.29 is 22.0 Å². The molecule has 0 spiro atoms. The topological polar surface area (TPSA) is 0 Å². The molecule has 0 aromatic heterocycles. The number of alkyl halides is 2. The van der Waals surface area contributed by atoms with Gasteiger partial charge in [0.15, 0.2) is 0 Å². The first kappa shape index (κ1) is 12.8. The molecule has 0 radical (unpaired) electrons. The van der Waals surface area contributed by atoms with Crippen molar-refractivity contribution in [2.24, 2.45) is 0 Å².